The molecule has 3 nitrogen and oxygen atoms in total. The van der Waals surface area contributed by atoms with Crippen LogP contribution < -0.4 is 0 Å². The minimum Gasteiger partial charge on any atom is -0.413 e. The molecule has 0 aromatic heterocycles. The third-order valence-corrected chi connectivity index (χ3v) is 9.95. The second-order valence-corrected chi connectivity index (χ2v) is 14.0. The van der Waals surface area contributed by atoms with E-state index in [-0.39, 0.29) is 34.7 Å². The number of carbonyl (C=O) groups is 1. The third-order valence-electron chi connectivity index (χ3n) is 5.48. The van der Waals surface area contributed by atoms with Crippen molar-refractivity contribution >= 4 is 14.1 Å². The van der Waals surface area contributed by atoms with Crippen LogP contribution in [0.2, 0.25) is 18.1 Å². The molecule has 0 aromatic carbocycles. The largest absolute Gasteiger partial charge is 0.413 e. The maximum atomic E-state index is 12.2. The maximum absolute atomic E-state index is 12.2. The molecule has 23 heavy (non-hydrogen) atoms. The Labute approximate surface area is 145 Å². The van der Waals surface area contributed by atoms with Crippen molar-refractivity contribution in [2.45, 2.75) is 92.7 Å². The zero-order valence-corrected chi connectivity index (χ0v) is 18.2. The highest BCUT2D eigenvalue weighted by Gasteiger charge is 2.43. The van der Waals surface area contributed by atoms with Gasteiger partial charge in [-0.3, -0.25) is 4.79 Å². The van der Waals surface area contributed by atoms with E-state index < -0.39 is 14.4 Å². The van der Waals surface area contributed by atoms with Gasteiger partial charge in [0.25, 0.3) is 0 Å². The van der Waals surface area contributed by atoms with Crippen molar-refractivity contribution in [1.29, 1.82) is 0 Å². The lowest BCUT2D eigenvalue weighted by Gasteiger charge is -2.43. The van der Waals surface area contributed by atoms with Crippen LogP contribution in [-0.2, 0) is 9.22 Å². The van der Waals surface area contributed by atoms with Crippen LogP contribution in [0.4, 0.5) is 0 Å². The normalized spacial score (nSPS) is 18.9. The smallest absolute Gasteiger partial charge is 0.192 e. The molecule has 0 aliphatic carbocycles. The molecule has 0 rings (SSSR count). The fourth-order valence-electron chi connectivity index (χ4n) is 2.71. The van der Waals surface area contributed by atoms with E-state index in [9.17, 15) is 9.90 Å². The van der Waals surface area contributed by atoms with Gasteiger partial charge in [-0.25, -0.2) is 0 Å². The SMILES string of the molecule is CC(C)C(=O)[C@H](C)[C@@H](O)[C@H](C)[C@@H](O[Si](C)(C)C(C)(C)C)C(C)C. The zero-order chi connectivity index (χ0) is 18.7. The number of Topliss-reactive ketones (excluding diaryl/α,β-unsaturated/α-hetero) is 1. The average Bonchev–Trinajstić information content (AvgIpc) is 2.39. The number of rotatable bonds is 8. The quantitative estimate of drug-likeness (QED) is 0.638. The van der Waals surface area contributed by atoms with Crippen molar-refractivity contribution in [2.24, 2.45) is 23.7 Å². The van der Waals surface area contributed by atoms with Crippen LogP contribution in [0, 0.1) is 23.7 Å². The van der Waals surface area contributed by atoms with Gasteiger partial charge < -0.3 is 9.53 Å². The summed E-state index contributed by atoms with van der Waals surface area (Å²) >= 11 is 0. The van der Waals surface area contributed by atoms with E-state index in [4.69, 9.17) is 4.43 Å². The summed E-state index contributed by atoms with van der Waals surface area (Å²) in [7, 11) is -1.92. The Hall–Kier alpha value is -0.193. The van der Waals surface area contributed by atoms with E-state index in [1.807, 2.05) is 27.7 Å². The standard InChI is InChI=1S/C19H40O3Si/c1-12(2)16(20)14(5)17(21)15(6)18(13(3)4)22-23(10,11)19(7,8)9/h12-15,17-18,21H,1-11H3/t14-,15-,17+,18-/m0/s1. The van der Waals surface area contributed by atoms with E-state index >= 15 is 0 Å². The summed E-state index contributed by atoms with van der Waals surface area (Å²) in [4.78, 5) is 12.2. The summed E-state index contributed by atoms with van der Waals surface area (Å²) in [5.74, 6) is -0.0453. The molecule has 0 saturated carbocycles. The van der Waals surface area contributed by atoms with Gasteiger partial charge in [0.15, 0.2) is 8.32 Å². The molecular weight excluding hydrogens is 304 g/mol. The van der Waals surface area contributed by atoms with Crippen LogP contribution in [-0.4, -0.2) is 31.4 Å². The van der Waals surface area contributed by atoms with Crippen molar-refractivity contribution in [3.8, 4) is 0 Å². The molecule has 0 aliphatic rings. The summed E-state index contributed by atoms with van der Waals surface area (Å²) < 4.78 is 6.60. The van der Waals surface area contributed by atoms with Crippen LogP contribution in [0.1, 0.15) is 62.3 Å². The maximum Gasteiger partial charge on any atom is 0.192 e. The summed E-state index contributed by atoms with van der Waals surface area (Å²) in [6.45, 7) is 23.1. The van der Waals surface area contributed by atoms with E-state index in [0.717, 1.165) is 0 Å². The Morgan fingerprint density at radius 1 is 1.00 bits per heavy atom. The fraction of sp³-hybridized carbons (Fsp3) is 0.947. The predicted molar refractivity (Wildman–Crippen MR) is 101 cm³/mol. The van der Waals surface area contributed by atoms with Crippen molar-refractivity contribution in [1.82, 2.24) is 0 Å². The first-order chi connectivity index (χ1) is 10.1. The minimum absolute atomic E-state index is 0.0340. The number of aliphatic hydroxyl groups is 1. The first-order valence-electron chi connectivity index (χ1n) is 9.03. The van der Waals surface area contributed by atoms with Crippen LogP contribution in [0.5, 0.6) is 0 Å². The van der Waals surface area contributed by atoms with Gasteiger partial charge >= 0.3 is 0 Å². The van der Waals surface area contributed by atoms with Crippen molar-refractivity contribution in [2.75, 3.05) is 0 Å². The lowest BCUT2D eigenvalue weighted by atomic mass is 9.81. The van der Waals surface area contributed by atoms with Crippen LogP contribution in [0.15, 0.2) is 0 Å². The molecule has 0 spiro atoms. The molecule has 0 fully saturated rings. The van der Waals surface area contributed by atoms with Gasteiger partial charge in [0, 0.05) is 17.8 Å². The number of ketones is 1. The third kappa shape index (κ3) is 5.99. The highest BCUT2D eigenvalue weighted by atomic mass is 28.4. The van der Waals surface area contributed by atoms with Gasteiger partial charge in [-0.05, 0) is 24.1 Å². The molecule has 0 aliphatic heterocycles. The zero-order valence-electron chi connectivity index (χ0n) is 17.2. The van der Waals surface area contributed by atoms with E-state index in [0.29, 0.717) is 5.92 Å². The molecule has 138 valence electrons. The van der Waals surface area contributed by atoms with Gasteiger partial charge in [0.05, 0.1) is 12.2 Å². The first kappa shape index (κ1) is 22.8. The number of carbonyl (C=O) groups excluding carboxylic acids is 1. The topological polar surface area (TPSA) is 46.5 Å². The highest BCUT2D eigenvalue weighted by molar-refractivity contribution is 6.74. The summed E-state index contributed by atoms with van der Waals surface area (Å²) in [5.41, 5.74) is 0. The number of hydrogen-bond donors (Lipinski definition) is 1. The lowest BCUT2D eigenvalue weighted by Crippen LogP contribution is -2.50. The van der Waals surface area contributed by atoms with E-state index in [1.54, 1.807) is 0 Å². The Balaban J connectivity index is 5.28. The Morgan fingerprint density at radius 2 is 1.43 bits per heavy atom. The van der Waals surface area contributed by atoms with Crippen LogP contribution in [0.25, 0.3) is 0 Å². The second-order valence-electron chi connectivity index (χ2n) is 9.28. The fourth-order valence-corrected chi connectivity index (χ4v) is 4.23. The van der Waals surface area contributed by atoms with Gasteiger partial charge in [0.2, 0.25) is 0 Å². The number of hydrogen-bond acceptors (Lipinski definition) is 3. The van der Waals surface area contributed by atoms with Crippen molar-refractivity contribution < 1.29 is 14.3 Å². The molecule has 0 bridgehead atoms. The molecule has 0 amide bonds. The summed E-state index contributed by atoms with van der Waals surface area (Å²) in [6, 6.07) is 0. The van der Waals surface area contributed by atoms with Gasteiger partial charge in [-0.2, -0.15) is 0 Å². The van der Waals surface area contributed by atoms with Crippen LogP contribution in [0.3, 0.4) is 0 Å². The van der Waals surface area contributed by atoms with Gasteiger partial charge in [0.1, 0.15) is 5.78 Å². The first-order valence-corrected chi connectivity index (χ1v) is 11.9. The van der Waals surface area contributed by atoms with Gasteiger partial charge in [-0.1, -0.05) is 62.3 Å². The van der Waals surface area contributed by atoms with Crippen LogP contribution >= 0.6 is 0 Å². The van der Waals surface area contributed by atoms with Crippen molar-refractivity contribution in [3.63, 3.8) is 0 Å². The highest BCUT2D eigenvalue weighted by Crippen LogP contribution is 2.39. The van der Waals surface area contributed by atoms with Crippen molar-refractivity contribution in [3.05, 3.63) is 0 Å². The van der Waals surface area contributed by atoms with E-state index in [2.05, 4.69) is 47.7 Å². The molecule has 0 aromatic rings. The second kappa shape index (κ2) is 8.26. The number of aliphatic hydroxyl groups excluding tert-OH is 1. The van der Waals surface area contributed by atoms with Gasteiger partial charge in [-0.15, -0.1) is 0 Å². The predicted octanol–water partition coefficient (Wildman–Crippen LogP) is 4.89. The molecular formula is C19H40O3Si. The summed E-state index contributed by atoms with van der Waals surface area (Å²) in [6.07, 6.45) is -0.699. The molecule has 0 heterocycles. The molecule has 1 N–H and O–H groups in total. The molecule has 0 saturated heterocycles. The molecule has 4 heteroatoms. The Kier molecular flexibility index (Phi) is 8.19. The molecule has 0 radical (unpaired) electrons. The monoisotopic (exact) mass is 344 g/mol. The van der Waals surface area contributed by atoms with E-state index in [1.165, 1.54) is 0 Å². The molecule has 0 unspecified atom stereocenters. The Morgan fingerprint density at radius 3 is 1.74 bits per heavy atom. The summed E-state index contributed by atoms with van der Waals surface area (Å²) in [5, 5.41) is 10.9. The lowest BCUT2D eigenvalue weighted by molar-refractivity contribution is -0.131. The average molecular weight is 345 g/mol. The molecule has 4 atom stereocenters. The Bertz CT molecular complexity index is 383. The minimum atomic E-state index is -1.92.